The molecule has 0 fully saturated rings. The predicted molar refractivity (Wildman–Crippen MR) is 77.9 cm³/mol. The third-order valence-corrected chi connectivity index (χ3v) is 2.96. The van der Waals surface area contributed by atoms with E-state index in [1.54, 1.807) is 37.5 Å². The molecule has 2 N–H and O–H groups in total. The number of anilines is 2. The van der Waals surface area contributed by atoms with Crippen LogP contribution >= 0.6 is 11.6 Å². The first kappa shape index (κ1) is 13.4. The smallest absolute Gasteiger partial charge is 0.274 e. The van der Waals surface area contributed by atoms with Crippen molar-refractivity contribution in [2.45, 2.75) is 6.92 Å². The highest BCUT2D eigenvalue weighted by Gasteiger charge is 2.10. The molecule has 0 saturated heterocycles. The molecule has 1 aromatic carbocycles. The Morgan fingerprint density at radius 2 is 2.05 bits per heavy atom. The Morgan fingerprint density at radius 3 is 2.79 bits per heavy atom. The summed E-state index contributed by atoms with van der Waals surface area (Å²) >= 11 is 5.92. The average molecular weight is 276 g/mol. The number of amides is 1. The Bertz CT molecular complexity index is 613. The minimum absolute atomic E-state index is 0.262. The summed E-state index contributed by atoms with van der Waals surface area (Å²) in [6.07, 6.45) is 1.59. The molecule has 0 spiro atoms. The van der Waals surface area contributed by atoms with Gasteiger partial charge in [-0.15, -0.1) is 0 Å². The van der Waals surface area contributed by atoms with Crippen molar-refractivity contribution in [1.82, 2.24) is 4.98 Å². The molecule has 0 saturated carbocycles. The van der Waals surface area contributed by atoms with Gasteiger partial charge in [-0.1, -0.05) is 17.7 Å². The Hall–Kier alpha value is -2.07. The molecule has 0 aliphatic rings. The van der Waals surface area contributed by atoms with Crippen LogP contribution in [0.2, 0.25) is 5.02 Å². The lowest BCUT2D eigenvalue weighted by molar-refractivity contribution is 0.102. The molecule has 0 aliphatic heterocycles. The van der Waals surface area contributed by atoms with E-state index in [9.17, 15) is 4.79 Å². The summed E-state index contributed by atoms with van der Waals surface area (Å²) < 4.78 is 0. The minimum Gasteiger partial charge on any atom is -0.388 e. The van der Waals surface area contributed by atoms with Gasteiger partial charge in [-0.25, -0.2) is 0 Å². The van der Waals surface area contributed by atoms with E-state index >= 15 is 0 Å². The highest BCUT2D eigenvalue weighted by Crippen LogP contribution is 2.20. The molecule has 4 nitrogen and oxygen atoms in total. The summed E-state index contributed by atoms with van der Waals surface area (Å²) in [6, 6.07) is 8.84. The summed E-state index contributed by atoms with van der Waals surface area (Å²) in [5.41, 5.74) is 2.82. The third kappa shape index (κ3) is 3.23. The first-order chi connectivity index (χ1) is 9.10. The molecule has 0 radical (unpaired) electrons. The van der Waals surface area contributed by atoms with Gasteiger partial charge in [0.25, 0.3) is 5.91 Å². The van der Waals surface area contributed by atoms with E-state index < -0.39 is 0 Å². The van der Waals surface area contributed by atoms with Crippen LogP contribution in [0.5, 0.6) is 0 Å². The Kier molecular flexibility index (Phi) is 4.02. The van der Waals surface area contributed by atoms with Gasteiger partial charge in [-0.2, -0.15) is 0 Å². The maximum absolute atomic E-state index is 12.1. The van der Waals surface area contributed by atoms with Crippen LogP contribution in [0.25, 0.3) is 0 Å². The molecule has 0 unspecified atom stereocenters. The van der Waals surface area contributed by atoms with E-state index in [0.717, 1.165) is 11.3 Å². The highest BCUT2D eigenvalue weighted by atomic mass is 35.5. The maximum atomic E-state index is 12.1. The molecule has 0 aliphatic carbocycles. The molecule has 5 heteroatoms. The topological polar surface area (TPSA) is 54.0 Å². The SMILES string of the molecule is CNc1ccnc(C(=O)Nc2cc(Cl)ccc2C)c1. The standard InChI is InChI=1S/C14H14ClN3O/c1-9-3-4-10(15)7-12(9)18-14(19)13-8-11(16-2)5-6-17-13/h3-8H,1-2H3,(H,16,17)(H,18,19). The van der Waals surface area contributed by atoms with Gasteiger partial charge >= 0.3 is 0 Å². The fourth-order valence-electron chi connectivity index (χ4n) is 1.63. The van der Waals surface area contributed by atoms with Crippen LogP contribution in [-0.2, 0) is 0 Å². The second-order valence-electron chi connectivity index (χ2n) is 4.09. The molecule has 2 aromatic rings. The van der Waals surface area contributed by atoms with Gasteiger partial charge in [0.05, 0.1) is 0 Å². The monoisotopic (exact) mass is 275 g/mol. The van der Waals surface area contributed by atoms with Gasteiger partial charge < -0.3 is 10.6 Å². The maximum Gasteiger partial charge on any atom is 0.274 e. The lowest BCUT2D eigenvalue weighted by atomic mass is 10.2. The number of aryl methyl sites for hydroxylation is 1. The fourth-order valence-corrected chi connectivity index (χ4v) is 1.80. The zero-order valence-electron chi connectivity index (χ0n) is 10.7. The third-order valence-electron chi connectivity index (χ3n) is 2.73. The zero-order valence-corrected chi connectivity index (χ0v) is 11.5. The van der Waals surface area contributed by atoms with Crippen LogP contribution in [-0.4, -0.2) is 17.9 Å². The van der Waals surface area contributed by atoms with Crippen LogP contribution in [0.4, 0.5) is 11.4 Å². The second kappa shape index (κ2) is 5.71. The number of carbonyl (C=O) groups excluding carboxylic acids is 1. The van der Waals surface area contributed by atoms with Crippen molar-refractivity contribution in [3.05, 3.63) is 52.8 Å². The predicted octanol–water partition coefficient (Wildman–Crippen LogP) is 3.34. The van der Waals surface area contributed by atoms with Crippen molar-refractivity contribution >= 4 is 28.9 Å². The summed E-state index contributed by atoms with van der Waals surface area (Å²) in [4.78, 5) is 16.2. The fraction of sp³-hybridized carbons (Fsp3) is 0.143. The molecule has 98 valence electrons. The van der Waals surface area contributed by atoms with Crippen molar-refractivity contribution < 1.29 is 4.79 Å². The van der Waals surface area contributed by atoms with Crippen LogP contribution in [0.15, 0.2) is 36.5 Å². The summed E-state index contributed by atoms with van der Waals surface area (Å²) in [5.74, 6) is -0.262. The van der Waals surface area contributed by atoms with Crippen LogP contribution in [0, 0.1) is 6.92 Å². The van der Waals surface area contributed by atoms with E-state index in [0.29, 0.717) is 16.4 Å². The first-order valence-corrected chi connectivity index (χ1v) is 6.19. The Balaban J connectivity index is 2.22. The number of aromatic nitrogens is 1. The van der Waals surface area contributed by atoms with E-state index in [-0.39, 0.29) is 5.91 Å². The summed E-state index contributed by atoms with van der Waals surface area (Å²) in [6.45, 7) is 1.91. The highest BCUT2D eigenvalue weighted by molar-refractivity contribution is 6.31. The Morgan fingerprint density at radius 1 is 1.26 bits per heavy atom. The van der Waals surface area contributed by atoms with Crippen molar-refractivity contribution in [2.75, 3.05) is 17.7 Å². The number of hydrogen-bond donors (Lipinski definition) is 2. The van der Waals surface area contributed by atoms with E-state index in [4.69, 9.17) is 11.6 Å². The Labute approximate surface area is 116 Å². The molecule has 1 aromatic heterocycles. The molecule has 1 amide bonds. The minimum atomic E-state index is -0.262. The zero-order chi connectivity index (χ0) is 13.8. The van der Waals surface area contributed by atoms with Gasteiger partial charge in [-0.05, 0) is 36.8 Å². The van der Waals surface area contributed by atoms with Gasteiger partial charge in [-0.3, -0.25) is 9.78 Å². The number of nitrogens with one attached hydrogen (secondary N) is 2. The van der Waals surface area contributed by atoms with E-state index in [2.05, 4.69) is 15.6 Å². The number of halogens is 1. The average Bonchev–Trinajstić information content (AvgIpc) is 2.43. The lowest BCUT2D eigenvalue weighted by Gasteiger charge is -2.09. The van der Waals surface area contributed by atoms with E-state index in [1.807, 2.05) is 13.0 Å². The second-order valence-corrected chi connectivity index (χ2v) is 4.53. The number of nitrogens with zero attached hydrogens (tertiary/aromatic N) is 1. The van der Waals surface area contributed by atoms with Crippen molar-refractivity contribution in [1.29, 1.82) is 0 Å². The van der Waals surface area contributed by atoms with Crippen molar-refractivity contribution in [2.24, 2.45) is 0 Å². The summed E-state index contributed by atoms with van der Waals surface area (Å²) in [7, 11) is 1.79. The lowest BCUT2D eigenvalue weighted by Crippen LogP contribution is -2.14. The number of pyridine rings is 1. The first-order valence-electron chi connectivity index (χ1n) is 5.81. The van der Waals surface area contributed by atoms with Crippen LogP contribution in [0.1, 0.15) is 16.1 Å². The van der Waals surface area contributed by atoms with Crippen molar-refractivity contribution in [3.8, 4) is 0 Å². The molecular weight excluding hydrogens is 262 g/mol. The number of carbonyl (C=O) groups is 1. The molecule has 2 rings (SSSR count). The van der Waals surface area contributed by atoms with E-state index in [1.165, 1.54) is 0 Å². The van der Waals surface area contributed by atoms with Gasteiger partial charge in [0.15, 0.2) is 0 Å². The molecular formula is C14H14ClN3O. The van der Waals surface area contributed by atoms with Crippen LogP contribution in [0.3, 0.4) is 0 Å². The number of hydrogen-bond acceptors (Lipinski definition) is 3. The quantitative estimate of drug-likeness (QED) is 0.903. The molecule has 19 heavy (non-hydrogen) atoms. The largest absolute Gasteiger partial charge is 0.388 e. The normalized spacial score (nSPS) is 10.1. The van der Waals surface area contributed by atoms with Crippen molar-refractivity contribution in [3.63, 3.8) is 0 Å². The summed E-state index contributed by atoms with van der Waals surface area (Å²) in [5, 5.41) is 6.35. The van der Waals surface area contributed by atoms with Gasteiger partial charge in [0.1, 0.15) is 5.69 Å². The molecule has 1 heterocycles. The number of benzene rings is 1. The molecule has 0 atom stereocenters. The molecule has 0 bridgehead atoms. The van der Waals surface area contributed by atoms with Crippen LogP contribution < -0.4 is 10.6 Å². The number of rotatable bonds is 3. The van der Waals surface area contributed by atoms with Gasteiger partial charge in [0, 0.05) is 29.6 Å². The van der Waals surface area contributed by atoms with Gasteiger partial charge in [0.2, 0.25) is 0 Å².